The predicted octanol–water partition coefficient (Wildman–Crippen LogP) is 4.84. The summed E-state index contributed by atoms with van der Waals surface area (Å²) in [6.45, 7) is 2.14. The van der Waals surface area contributed by atoms with Crippen molar-refractivity contribution in [3.63, 3.8) is 0 Å². The van der Waals surface area contributed by atoms with Crippen LogP contribution in [0.25, 0.3) is 0 Å². The number of nitrogens with zero attached hydrogens (tertiary/aromatic N) is 1. The summed E-state index contributed by atoms with van der Waals surface area (Å²) in [4.78, 5) is 22.5. The van der Waals surface area contributed by atoms with E-state index in [4.69, 9.17) is 11.6 Å². The first kappa shape index (κ1) is 17.0. The van der Waals surface area contributed by atoms with Crippen LogP contribution in [0.15, 0.2) is 42.5 Å². The highest BCUT2D eigenvalue weighted by Gasteiger charge is 2.16. The van der Waals surface area contributed by atoms with Crippen LogP contribution in [0.4, 0.5) is 11.4 Å². The molecule has 5 nitrogen and oxygen atoms in total. The molecule has 0 atom stereocenters. The van der Waals surface area contributed by atoms with Crippen molar-refractivity contribution < 1.29 is 9.72 Å². The fourth-order valence-electron chi connectivity index (χ4n) is 2.13. The normalized spacial score (nSPS) is 10.3. The number of halogens is 1. The van der Waals surface area contributed by atoms with Gasteiger partial charge in [0.1, 0.15) is 0 Å². The number of amides is 1. The third-order valence-electron chi connectivity index (χ3n) is 3.44. The summed E-state index contributed by atoms with van der Waals surface area (Å²) in [5.41, 5.74) is 1.74. The molecule has 6 heteroatoms. The van der Waals surface area contributed by atoms with E-state index in [0.717, 1.165) is 19.3 Å². The standard InChI is InChI=1S/C17H17ClN2O3/c1-2-3-4-12-5-7-13(8-6-12)19-17(21)15-11-14(20(22)23)9-10-16(15)18/h5-11H,2-4H2,1H3,(H,19,21). The van der Waals surface area contributed by atoms with E-state index in [2.05, 4.69) is 12.2 Å². The van der Waals surface area contributed by atoms with Crippen LogP contribution >= 0.6 is 11.6 Å². The number of unbranched alkanes of at least 4 members (excludes halogenated alkanes) is 1. The molecule has 2 rings (SSSR count). The predicted molar refractivity (Wildman–Crippen MR) is 91.1 cm³/mol. The number of hydrogen-bond donors (Lipinski definition) is 1. The van der Waals surface area contributed by atoms with Gasteiger partial charge in [-0.05, 0) is 36.6 Å². The number of aryl methyl sites for hydroxylation is 1. The molecular weight excluding hydrogens is 316 g/mol. The molecule has 0 bridgehead atoms. The molecule has 0 aliphatic carbocycles. The second-order valence-corrected chi connectivity index (χ2v) is 5.58. The maximum atomic E-state index is 12.2. The first-order valence-electron chi connectivity index (χ1n) is 7.35. The number of carbonyl (C=O) groups excluding carboxylic acids is 1. The van der Waals surface area contributed by atoms with Crippen molar-refractivity contribution in [2.24, 2.45) is 0 Å². The number of non-ortho nitro benzene ring substituents is 1. The summed E-state index contributed by atoms with van der Waals surface area (Å²) in [6, 6.07) is 11.3. The largest absolute Gasteiger partial charge is 0.322 e. The number of hydrogen-bond acceptors (Lipinski definition) is 3. The lowest BCUT2D eigenvalue weighted by Gasteiger charge is -2.08. The molecule has 0 aliphatic heterocycles. The molecule has 0 saturated carbocycles. The zero-order chi connectivity index (χ0) is 16.8. The van der Waals surface area contributed by atoms with Gasteiger partial charge in [0.05, 0.1) is 15.5 Å². The topological polar surface area (TPSA) is 72.2 Å². The first-order valence-corrected chi connectivity index (χ1v) is 7.73. The summed E-state index contributed by atoms with van der Waals surface area (Å²) in [7, 11) is 0. The van der Waals surface area contributed by atoms with E-state index >= 15 is 0 Å². The molecule has 2 aromatic rings. The minimum absolute atomic E-state index is 0.0796. The van der Waals surface area contributed by atoms with Crippen LogP contribution in [0.5, 0.6) is 0 Å². The van der Waals surface area contributed by atoms with Crippen molar-refractivity contribution >= 4 is 28.9 Å². The summed E-state index contributed by atoms with van der Waals surface area (Å²) in [6.07, 6.45) is 3.25. The number of rotatable bonds is 6. The second kappa shape index (κ2) is 7.74. The van der Waals surface area contributed by atoms with E-state index < -0.39 is 10.8 Å². The lowest BCUT2D eigenvalue weighted by Crippen LogP contribution is -2.12. The van der Waals surface area contributed by atoms with Crippen LogP contribution in [-0.2, 0) is 6.42 Å². The quantitative estimate of drug-likeness (QED) is 0.607. The Labute approximate surface area is 139 Å². The van der Waals surface area contributed by atoms with Gasteiger partial charge in [0, 0.05) is 17.8 Å². The summed E-state index contributed by atoms with van der Waals surface area (Å²) in [5, 5.41) is 13.7. The van der Waals surface area contributed by atoms with E-state index in [1.54, 1.807) is 0 Å². The van der Waals surface area contributed by atoms with Gasteiger partial charge in [-0.25, -0.2) is 0 Å². The van der Waals surface area contributed by atoms with Crippen molar-refractivity contribution in [1.29, 1.82) is 0 Å². The van der Waals surface area contributed by atoms with E-state index in [-0.39, 0.29) is 16.3 Å². The van der Waals surface area contributed by atoms with E-state index in [1.165, 1.54) is 23.8 Å². The molecule has 1 amide bonds. The highest BCUT2D eigenvalue weighted by Crippen LogP contribution is 2.23. The Kier molecular flexibility index (Phi) is 5.71. The average molecular weight is 333 g/mol. The zero-order valence-corrected chi connectivity index (χ0v) is 13.5. The van der Waals surface area contributed by atoms with Crippen molar-refractivity contribution in [2.45, 2.75) is 26.2 Å². The van der Waals surface area contributed by atoms with E-state index in [0.29, 0.717) is 5.69 Å². The minimum Gasteiger partial charge on any atom is -0.322 e. The molecule has 0 radical (unpaired) electrons. The smallest absolute Gasteiger partial charge is 0.270 e. The molecule has 120 valence electrons. The Balaban J connectivity index is 2.12. The van der Waals surface area contributed by atoms with Crippen molar-refractivity contribution in [3.05, 3.63) is 68.7 Å². The van der Waals surface area contributed by atoms with Gasteiger partial charge in [-0.1, -0.05) is 37.1 Å². The molecule has 0 saturated heterocycles. The lowest BCUT2D eigenvalue weighted by atomic mass is 10.1. The molecule has 0 heterocycles. The van der Waals surface area contributed by atoms with Gasteiger partial charge in [-0.3, -0.25) is 14.9 Å². The van der Waals surface area contributed by atoms with Crippen LogP contribution in [-0.4, -0.2) is 10.8 Å². The second-order valence-electron chi connectivity index (χ2n) is 5.18. The van der Waals surface area contributed by atoms with Gasteiger partial charge in [0.25, 0.3) is 11.6 Å². The van der Waals surface area contributed by atoms with Crippen molar-refractivity contribution in [1.82, 2.24) is 0 Å². The van der Waals surface area contributed by atoms with E-state index in [1.807, 2.05) is 24.3 Å². The molecule has 2 aromatic carbocycles. The SMILES string of the molecule is CCCCc1ccc(NC(=O)c2cc([N+](=O)[O-])ccc2Cl)cc1. The van der Waals surface area contributed by atoms with Crippen LogP contribution < -0.4 is 5.32 Å². The van der Waals surface area contributed by atoms with Crippen LogP contribution in [0.3, 0.4) is 0 Å². The maximum Gasteiger partial charge on any atom is 0.270 e. The van der Waals surface area contributed by atoms with Gasteiger partial charge in [-0.15, -0.1) is 0 Å². The third-order valence-corrected chi connectivity index (χ3v) is 3.77. The van der Waals surface area contributed by atoms with Crippen molar-refractivity contribution in [3.8, 4) is 0 Å². The number of nitro benzene ring substituents is 1. The summed E-state index contributed by atoms with van der Waals surface area (Å²) < 4.78 is 0. The highest BCUT2D eigenvalue weighted by molar-refractivity contribution is 6.34. The van der Waals surface area contributed by atoms with Crippen LogP contribution in [0.1, 0.15) is 35.7 Å². The number of anilines is 1. The Bertz CT molecular complexity index is 714. The molecular formula is C17H17ClN2O3. The van der Waals surface area contributed by atoms with Crippen LogP contribution in [0.2, 0.25) is 5.02 Å². The van der Waals surface area contributed by atoms with E-state index in [9.17, 15) is 14.9 Å². The van der Waals surface area contributed by atoms with Gasteiger partial charge >= 0.3 is 0 Å². The number of benzene rings is 2. The summed E-state index contributed by atoms with van der Waals surface area (Å²) >= 11 is 5.96. The Morgan fingerprint density at radius 2 is 1.91 bits per heavy atom. The molecule has 0 spiro atoms. The minimum atomic E-state index is -0.560. The van der Waals surface area contributed by atoms with Crippen LogP contribution in [0, 0.1) is 10.1 Å². The number of nitro groups is 1. The maximum absolute atomic E-state index is 12.2. The molecule has 0 unspecified atom stereocenters. The van der Waals surface area contributed by atoms with Gasteiger partial charge in [-0.2, -0.15) is 0 Å². The lowest BCUT2D eigenvalue weighted by molar-refractivity contribution is -0.384. The Morgan fingerprint density at radius 1 is 1.22 bits per heavy atom. The highest BCUT2D eigenvalue weighted by atomic mass is 35.5. The van der Waals surface area contributed by atoms with Crippen molar-refractivity contribution in [2.75, 3.05) is 5.32 Å². The zero-order valence-electron chi connectivity index (χ0n) is 12.7. The Hall–Kier alpha value is -2.40. The Morgan fingerprint density at radius 3 is 2.52 bits per heavy atom. The van der Waals surface area contributed by atoms with Gasteiger partial charge in [0.15, 0.2) is 0 Å². The summed E-state index contributed by atoms with van der Waals surface area (Å²) in [5.74, 6) is -0.472. The average Bonchev–Trinajstić information content (AvgIpc) is 2.54. The van der Waals surface area contributed by atoms with Gasteiger partial charge < -0.3 is 5.32 Å². The first-order chi connectivity index (χ1) is 11.0. The monoisotopic (exact) mass is 332 g/mol. The molecule has 0 aliphatic rings. The molecule has 23 heavy (non-hydrogen) atoms. The third kappa shape index (κ3) is 4.53. The molecule has 0 fully saturated rings. The number of carbonyl (C=O) groups is 1. The molecule has 1 N–H and O–H groups in total. The molecule has 0 aromatic heterocycles. The number of nitrogens with one attached hydrogen (secondary N) is 1. The van der Waals surface area contributed by atoms with Gasteiger partial charge in [0.2, 0.25) is 0 Å². The fraction of sp³-hybridized carbons (Fsp3) is 0.235. The fourth-order valence-corrected chi connectivity index (χ4v) is 2.34.